The van der Waals surface area contributed by atoms with Crippen LogP contribution in [-0.4, -0.2) is 35.1 Å². The van der Waals surface area contributed by atoms with Gasteiger partial charge in [0.25, 0.3) is 0 Å². The summed E-state index contributed by atoms with van der Waals surface area (Å²) in [6.45, 7) is 7.74. The zero-order valence-corrected chi connectivity index (χ0v) is 12.4. The molecule has 1 N–H and O–H groups in total. The SMILES string of the molecule is CCC1CNC(C)CN1Cc1nc2ccccc2s1. The summed E-state index contributed by atoms with van der Waals surface area (Å²) in [6.07, 6.45) is 1.20. The van der Waals surface area contributed by atoms with Crippen LogP contribution in [0.4, 0.5) is 0 Å². The van der Waals surface area contributed by atoms with E-state index in [-0.39, 0.29) is 0 Å². The summed E-state index contributed by atoms with van der Waals surface area (Å²) in [7, 11) is 0. The van der Waals surface area contributed by atoms with Crippen molar-refractivity contribution in [3.8, 4) is 0 Å². The molecule has 19 heavy (non-hydrogen) atoms. The van der Waals surface area contributed by atoms with E-state index in [9.17, 15) is 0 Å². The molecular weight excluding hydrogens is 254 g/mol. The van der Waals surface area contributed by atoms with Crippen LogP contribution in [0.25, 0.3) is 10.2 Å². The molecular formula is C15H21N3S. The largest absolute Gasteiger partial charge is 0.311 e. The third-order valence-electron chi connectivity index (χ3n) is 3.87. The van der Waals surface area contributed by atoms with E-state index in [0.717, 1.165) is 25.2 Å². The summed E-state index contributed by atoms with van der Waals surface area (Å²) in [5.41, 5.74) is 1.14. The van der Waals surface area contributed by atoms with E-state index in [0.29, 0.717) is 12.1 Å². The van der Waals surface area contributed by atoms with E-state index in [2.05, 4.69) is 48.3 Å². The van der Waals surface area contributed by atoms with Gasteiger partial charge in [-0.2, -0.15) is 0 Å². The molecule has 1 aromatic heterocycles. The molecule has 2 heterocycles. The number of benzene rings is 1. The molecule has 3 rings (SSSR count). The second kappa shape index (κ2) is 5.57. The molecule has 2 atom stereocenters. The molecule has 0 bridgehead atoms. The molecule has 2 unspecified atom stereocenters. The lowest BCUT2D eigenvalue weighted by Crippen LogP contribution is -2.54. The number of hydrogen-bond donors (Lipinski definition) is 1. The van der Waals surface area contributed by atoms with Crippen molar-refractivity contribution in [2.45, 2.75) is 38.9 Å². The average molecular weight is 275 g/mol. The van der Waals surface area contributed by atoms with Gasteiger partial charge in [0, 0.05) is 25.2 Å². The number of piperazine rings is 1. The molecule has 3 nitrogen and oxygen atoms in total. The first-order valence-electron chi connectivity index (χ1n) is 7.08. The van der Waals surface area contributed by atoms with Gasteiger partial charge in [0.05, 0.1) is 16.8 Å². The summed E-state index contributed by atoms with van der Waals surface area (Å²) in [6, 6.07) is 9.64. The quantitative estimate of drug-likeness (QED) is 0.933. The zero-order valence-electron chi connectivity index (χ0n) is 11.6. The molecule has 0 saturated carbocycles. The van der Waals surface area contributed by atoms with Crippen molar-refractivity contribution in [3.63, 3.8) is 0 Å². The summed E-state index contributed by atoms with van der Waals surface area (Å²) >= 11 is 1.83. The van der Waals surface area contributed by atoms with Gasteiger partial charge in [-0.25, -0.2) is 4.98 Å². The third kappa shape index (κ3) is 2.81. The second-order valence-electron chi connectivity index (χ2n) is 5.38. The minimum atomic E-state index is 0.581. The first-order valence-corrected chi connectivity index (χ1v) is 7.89. The molecule has 0 amide bonds. The van der Waals surface area contributed by atoms with Crippen LogP contribution in [0.1, 0.15) is 25.3 Å². The van der Waals surface area contributed by atoms with Crippen molar-refractivity contribution in [2.24, 2.45) is 0 Å². The minimum Gasteiger partial charge on any atom is -0.311 e. The molecule has 0 radical (unpaired) electrons. The maximum Gasteiger partial charge on any atom is 0.108 e. The van der Waals surface area contributed by atoms with Crippen LogP contribution < -0.4 is 5.32 Å². The Balaban J connectivity index is 1.78. The van der Waals surface area contributed by atoms with Gasteiger partial charge in [0.1, 0.15) is 5.01 Å². The average Bonchev–Trinajstić information content (AvgIpc) is 2.81. The third-order valence-corrected chi connectivity index (χ3v) is 4.90. The highest BCUT2D eigenvalue weighted by Gasteiger charge is 2.25. The van der Waals surface area contributed by atoms with Gasteiger partial charge < -0.3 is 5.32 Å². The fourth-order valence-corrected chi connectivity index (χ4v) is 3.78. The fraction of sp³-hybridized carbons (Fsp3) is 0.533. The summed E-state index contributed by atoms with van der Waals surface area (Å²) < 4.78 is 1.30. The maximum atomic E-state index is 4.76. The van der Waals surface area contributed by atoms with Crippen molar-refractivity contribution in [1.82, 2.24) is 15.2 Å². The highest BCUT2D eigenvalue weighted by molar-refractivity contribution is 7.18. The minimum absolute atomic E-state index is 0.581. The number of rotatable bonds is 3. The van der Waals surface area contributed by atoms with Crippen LogP contribution >= 0.6 is 11.3 Å². The van der Waals surface area contributed by atoms with Crippen molar-refractivity contribution < 1.29 is 0 Å². The molecule has 1 aromatic carbocycles. The molecule has 0 aliphatic carbocycles. The standard InChI is InChI=1S/C15H21N3S/c1-3-12-8-16-11(2)9-18(12)10-15-17-13-6-4-5-7-14(13)19-15/h4-7,11-12,16H,3,8-10H2,1-2H3. The van der Waals surface area contributed by atoms with E-state index in [4.69, 9.17) is 4.98 Å². The van der Waals surface area contributed by atoms with Crippen LogP contribution in [0.15, 0.2) is 24.3 Å². The van der Waals surface area contributed by atoms with Crippen LogP contribution in [0.3, 0.4) is 0 Å². The predicted octanol–water partition coefficient (Wildman–Crippen LogP) is 2.87. The van der Waals surface area contributed by atoms with E-state index in [1.807, 2.05) is 11.3 Å². The Hall–Kier alpha value is -0.970. The lowest BCUT2D eigenvalue weighted by molar-refractivity contribution is 0.124. The number of para-hydroxylation sites is 1. The fourth-order valence-electron chi connectivity index (χ4n) is 2.79. The van der Waals surface area contributed by atoms with Gasteiger partial charge in [-0.3, -0.25) is 4.90 Å². The van der Waals surface area contributed by atoms with Gasteiger partial charge >= 0.3 is 0 Å². The second-order valence-corrected chi connectivity index (χ2v) is 6.49. The van der Waals surface area contributed by atoms with Crippen LogP contribution in [0, 0.1) is 0 Å². The lowest BCUT2D eigenvalue weighted by atomic mass is 10.1. The predicted molar refractivity (Wildman–Crippen MR) is 81.6 cm³/mol. The van der Waals surface area contributed by atoms with E-state index >= 15 is 0 Å². The molecule has 102 valence electrons. The van der Waals surface area contributed by atoms with Crippen molar-refractivity contribution in [3.05, 3.63) is 29.3 Å². The lowest BCUT2D eigenvalue weighted by Gasteiger charge is -2.38. The molecule has 4 heteroatoms. The molecule has 1 aliphatic heterocycles. The van der Waals surface area contributed by atoms with Gasteiger partial charge in [-0.05, 0) is 25.5 Å². The van der Waals surface area contributed by atoms with E-state index in [1.165, 1.54) is 16.1 Å². The number of nitrogens with one attached hydrogen (secondary N) is 1. The van der Waals surface area contributed by atoms with Crippen LogP contribution in [0.2, 0.25) is 0 Å². The monoisotopic (exact) mass is 275 g/mol. The maximum absolute atomic E-state index is 4.76. The molecule has 1 fully saturated rings. The zero-order chi connectivity index (χ0) is 13.2. The Morgan fingerprint density at radius 2 is 2.26 bits per heavy atom. The Morgan fingerprint density at radius 1 is 1.42 bits per heavy atom. The topological polar surface area (TPSA) is 28.2 Å². The number of aromatic nitrogens is 1. The summed E-state index contributed by atoms with van der Waals surface area (Å²) in [5, 5.41) is 4.81. The van der Waals surface area contributed by atoms with E-state index in [1.54, 1.807) is 0 Å². The van der Waals surface area contributed by atoms with Gasteiger partial charge in [0.2, 0.25) is 0 Å². The Labute approximate surface area is 118 Å². The molecule has 0 spiro atoms. The van der Waals surface area contributed by atoms with E-state index < -0.39 is 0 Å². The number of fused-ring (bicyclic) bond motifs is 1. The highest BCUT2D eigenvalue weighted by atomic mass is 32.1. The van der Waals surface area contributed by atoms with Gasteiger partial charge in [-0.15, -0.1) is 11.3 Å². The molecule has 1 saturated heterocycles. The van der Waals surface area contributed by atoms with Crippen LogP contribution in [-0.2, 0) is 6.54 Å². The Bertz CT molecular complexity index is 518. The first kappa shape index (κ1) is 13.0. The smallest absolute Gasteiger partial charge is 0.108 e. The van der Waals surface area contributed by atoms with Gasteiger partial charge in [0.15, 0.2) is 0 Å². The van der Waals surface area contributed by atoms with Crippen molar-refractivity contribution in [2.75, 3.05) is 13.1 Å². The van der Waals surface area contributed by atoms with Gasteiger partial charge in [-0.1, -0.05) is 19.1 Å². The van der Waals surface area contributed by atoms with Crippen molar-refractivity contribution in [1.29, 1.82) is 0 Å². The number of hydrogen-bond acceptors (Lipinski definition) is 4. The number of thiazole rings is 1. The molecule has 1 aliphatic rings. The Kier molecular flexibility index (Phi) is 3.82. The van der Waals surface area contributed by atoms with Crippen LogP contribution in [0.5, 0.6) is 0 Å². The molecule has 2 aromatic rings. The highest BCUT2D eigenvalue weighted by Crippen LogP contribution is 2.24. The number of nitrogens with zero attached hydrogens (tertiary/aromatic N) is 2. The Morgan fingerprint density at radius 3 is 3.05 bits per heavy atom. The summed E-state index contributed by atoms with van der Waals surface area (Å²) in [5.74, 6) is 0. The normalized spacial score (nSPS) is 24.9. The first-order chi connectivity index (χ1) is 9.26. The summed E-state index contributed by atoms with van der Waals surface area (Å²) in [4.78, 5) is 7.34. The van der Waals surface area contributed by atoms with Crippen molar-refractivity contribution >= 4 is 21.6 Å².